The number of carboxylic acid groups (broad SMARTS) is 1. The maximum absolute atomic E-state index is 12.6. The van der Waals surface area contributed by atoms with Gasteiger partial charge in [-0.05, 0) is 17.0 Å². The molecule has 1 aromatic carbocycles. The third kappa shape index (κ3) is 4.57. The number of hydrogen-bond acceptors (Lipinski definition) is 3. The first kappa shape index (κ1) is 18.0. The summed E-state index contributed by atoms with van der Waals surface area (Å²) in [5, 5.41) is 11.3. The van der Waals surface area contributed by atoms with Gasteiger partial charge < -0.3 is 15.3 Å². The number of carboxylic acids is 1. The Labute approximate surface area is 141 Å². The van der Waals surface area contributed by atoms with Crippen molar-refractivity contribution in [2.24, 2.45) is 5.92 Å². The molecule has 1 aliphatic rings. The van der Waals surface area contributed by atoms with Crippen LogP contribution in [0.4, 0.5) is 0 Å². The molecule has 0 spiro atoms. The third-order valence-electron chi connectivity index (χ3n) is 4.09. The molecule has 0 saturated heterocycles. The molecule has 0 fully saturated rings. The summed E-state index contributed by atoms with van der Waals surface area (Å²) in [5.74, 6) is -1.08. The highest BCUT2D eigenvalue weighted by Crippen LogP contribution is 2.24. The number of benzene rings is 1. The van der Waals surface area contributed by atoms with Crippen molar-refractivity contribution in [1.82, 2.24) is 10.2 Å². The fourth-order valence-corrected chi connectivity index (χ4v) is 2.90. The fourth-order valence-electron chi connectivity index (χ4n) is 2.90. The van der Waals surface area contributed by atoms with Gasteiger partial charge in [-0.25, -0.2) is 0 Å². The SMILES string of the molecule is CC(C)CC(=O)N1Cc2ccccc2CC1C(=O)NCCC(=O)O. The summed E-state index contributed by atoms with van der Waals surface area (Å²) in [6.45, 7) is 4.42. The molecule has 2 amide bonds. The molecule has 130 valence electrons. The van der Waals surface area contributed by atoms with Crippen LogP contribution in [0.15, 0.2) is 24.3 Å². The number of nitrogens with one attached hydrogen (secondary N) is 1. The summed E-state index contributed by atoms with van der Waals surface area (Å²) in [5.41, 5.74) is 2.12. The van der Waals surface area contributed by atoms with Crippen molar-refractivity contribution >= 4 is 17.8 Å². The highest BCUT2D eigenvalue weighted by Gasteiger charge is 2.34. The van der Waals surface area contributed by atoms with E-state index in [2.05, 4.69) is 5.32 Å². The Morgan fingerprint density at radius 3 is 2.54 bits per heavy atom. The van der Waals surface area contributed by atoms with E-state index < -0.39 is 12.0 Å². The Morgan fingerprint density at radius 1 is 1.25 bits per heavy atom. The second-order valence-corrected chi connectivity index (χ2v) is 6.54. The van der Waals surface area contributed by atoms with Crippen molar-refractivity contribution < 1.29 is 19.5 Å². The van der Waals surface area contributed by atoms with Gasteiger partial charge in [0.15, 0.2) is 0 Å². The van der Waals surface area contributed by atoms with Gasteiger partial charge in [0.2, 0.25) is 11.8 Å². The van der Waals surface area contributed by atoms with Crippen molar-refractivity contribution in [2.75, 3.05) is 6.54 Å². The van der Waals surface area contributed by atoms with Crippen LogP contribution in [0, 0.1) is 5.92 Å². The van der Waals surface area contributed by atoms with Gasteiger partial charge in [-0.15, -0.1) is 0 Å². The molecule has 0 aliphatic carbocycles. The van der Waals surface area contributed by atoms with Crippen LogP contribution in [-0.4, -0.2) is 40.4 Å². The molecular formula is C18H24N2O4. The highest BCUT2D eigenvalue weighted by molar-refractivity contribution is 5.88. The molecule has 0 aromatic heterocycles. The number of fused-ring (bicyclic) bond motifs is 1. The number of carbonyl (C=O) groups excluding carboxylic acids is 2. The van der Waals surface area contributed by atoms with Crippen LogP contribution < -0.4 is 5.32 Å². The van der Waals surface area contributed by atoms with E-state index in [-0.39, 0.29) is 30.7 Å². The van der Waals surface area contributed by atoms with E-state index in [9.17, 15) is 14.4 Å². The van der Waals surface area contributed by atoms with Crippen molar-refractivity contribution in [3.8, 4) is 0 Å². The Hall–Kier alpha value is -2.37. The van der Waals surface area contributed by atoms with Crippen molar-refractivity contribution in [3.63, 3.8) is 0 Å². The Morgan fingerprint density at radius 2 is 1.92 bits per heavy atom. The first-order valence-corrected chi connectivity index (χ1v) is 8.24. The standard InChI is InChI=1S/C18H24N2O4/c1-12(2)9-16(21)20-11-14-6-4-3-5-13(14)10-15(20)18(24)19-8-7-17(22)23/h3-6,12,15H,7-11H2,1-2H3,(H,19,24)(H,22,23). The quantitative estimate of drug-likeness (QED) is 0.828. The van der Waals surface area contributed by atoms with Crippen molar-refractivity contribution in [1.29, 1.82) is 0 Å². The Kier molecular flexibility index (Phi) is 5.95. The van der Waals surface area contributed by atoms with Gasteiger partial charge in [-0.2, -0.15) is 0 Å². The second-order valence-electron chi connectivity index (χ2n) is 6.54. The average molecular weight is 332 g/mol. The maximum Gasteiger partial charge on any atom is 0.305 e. The first-order chi connectivity index (χ1) is 11.4. The lowest BCUT2D eigenvalue weighted by Gasteiger charge is -2.36. The van der Waals surface area contributed by atoms with Gasteiger partial charge >= 0.3 is 5.97 Å². The molecule has 6 heteroatoms. The minimum absolute atomic E-state index is 0.0436. The van der Waals surface area contributed by atoms with Crippen LogP contribution in [0.2, 0.25) is 0 Å². The van der Waals surface area contributed by atoms with Gasteiger partial charge in [0, 0.05) is 25.9 Å². The molecule has 2 N–H and O–H groups in total. The van der Waals surface area contributed by atoms with E-state index in [0.717, 1.165) is 11.1 Å². The van der Waals surface area contributed by atoms with Crippen LogP contribution in [-0.2, 0) is 27.3 Å². The zero-order chi connectivity index (χ0) is 17.7. The molecule has 6 nitrogen and oxygen atoms in total. The second kappa shape index (κ2) is 7.95. The average Bonchev–Trinajstić information content (AvgIpc) is 2.52. The number of carbonyl (C=O) groups is 3. The van der Waals surface area contributed by atoms with E-state index in [1.807, 2.05) is 38.1 Å². The van der Waals surface area contributed by atoms with Gasteiger partial charge in [0.25, 0.3) is 0 Å². The highest BCUT2D eigenvalue weighted by atomic mass is 16.4. The van der Waals surface area contributed by atoms with E-state index in [0.29, 0.717) is 19.4 Å². The van der Waals surface area contributed by atoms with E-state index in [1.165, 1.54) is 0 Å². The predicted molar refractivity (Wildman–Crippen MR) is 89.2 cm³/mol. The van der Waals surface area contributed by atoms with E-state index in [1.54, 1.807) is 4.90 Å². The van der Waals surface area contributed by atoms with E-state index >= 15 is 0 Å². The summed E-state index contributed by atoms with van der Waals surface area (Å²) < 4.78 is 0. The minimum Gasteiger partial charge on any atom is -0.481 e. The van der Waals surface area contributed by atoms with Crippen LogP contribution in [0.3, 0.4) is 0 Å². The lowest BCUT2D eigenvalue weighted by atomic mass is 9.92. The number of hydrogen-bond donors (Lipinski definition) is 2. The van der Waals surface area contributed by atoms with Crippen LogP contribution in [0.5, 0.6) is 0 Å². The van der Waals surface area contributed by atoms with Crippen LogP contribution in [0.25, 0.3) is 0 Å². The molecule has 1 aliphatic heterocycles. The van der Waals surface area contributed by atoms with Crippen molar-refractivity contribution in [3.05, 3.63) is 35.4 Å². The molecule has 1 unspecified atom stereocenters. The van der Waals surface area contributed by atoms with Crippen LogP contribution in [0.1, 0.15) is 37.8 Å². The normalized spacial score (nSPS) is 16.6. The summed E-state index contributed by atoms with van der Waals surface area (Å²) in [7, 11) is 0. The van der Waals surface area contributed by atoms with Gasteiger partial charge in [-0.3, -0.25) is 14.4 Å². The summed E-state index contributed by atoms with van der Waals surface area (Å²) in [6.07, 6.45) is 0.717. The third-order valence-corrected chi connectivity index (χ3v) is 4.09. The van der Waals surface area contributed by atoms with Gasteiger partial charge in [0.05, 0.1) is 6.42 Å². The number of nitrogens with zero attached hydrogens (tertiary/aromatic N) is 1. The molecule has 0 saturated carbocycles. The summed E-state index contributed by atoms with van der Waals surface area (Å²) >= 11 is 0. The van der Waals surface area contributed by atoms with Crippen molar-refractivity contribution in [2.45, 2.75) is 45.7 Å². The molecule has 2 rings (SSSR count). The van der Waals surface area contributed by atoms with Gasteiger partial charge in [-0.1, -0.05) is 38.1 Å². The minimum atomic E-state index is -0.961. The largest absolute Gasteiger partial charge is 0.481 e. The molecule has 24 heavy (non-hydrogen) atoms. The summed E-state index contributed by atoms with van der Waals surface area (Å²) in [4.78, 5) is 37.3. The van der Waals surface area contributed by atoms with Crippen LogP contribution >= 0.6 is 0 Å². The number of rotatable bonds is 6. The zero-order valence-electron chi connectivity index (χ0n) is 14.1. The molecule has 0 bridgehead atoms. The maximum atomic E-state index is 12.6. The zero-order valence-corrected chi connectivity index (χ0v) is 14.1. The molecular weight excluding hydrogens is 308 g/mol. The van der Waals surface area contributed by atoms with Gasteiger partial charge in [0.1, 0.15) is 6.04 Å². The fraction of sp³-hybridized carbons (Fsp3) is 0.500. The predicted octanol–water partition coefficient (Wildman–Crippen LogP) is 1.58. The lowest BCUT2D eigenvalue weighted by molar-refractivity contribution is -0.142. The van der Waals surface area contributed by atoms with E-state index in [4.69, 9.17) is 5.11 Å². The molecule has 1 atom stereocenters. The smallest absolute Gasteiger partial charge is 0.305 e. The Bertz CT molecular complexity index is 627. The first-order valence-electron chi connectivity index (χ1n) is 8.24. The lowest BCUT2D eigenvalue weighted by Crippen LogP contribution is -2.53. The summed E-state index contributed by atoms with van der Waals surface area (Å²) in [6, 6.07) is 7.21. The topological polar surface area (TPSA) is 86.7 Å². The number of aliphatic carboxylic acids is 1. The monoisotopic (exact) mass is 332 g/mol. The number of amides is 2. The Balaban J connectivity index is 2.15. The molecule has 0 radical (unpaired) electrons. The molecule has 1 heterocycles. The molecule has 1 aromatic rings.